The van der Waals surface area contributed by atoms with E-state index in [4.69, 9.17) is 0 Å². The molecule has 0 amide bonds. The first-order valence-corrected chi connectivity index (χ1v) is 3.43. The Kier molecular flexibility index (Phi) is 2.04. The second kappa shape index (κ2) is 2.81. The molecule has 0 bridgehead atoms. The summed E-state index contributed by atoms with van der Waals surface area (Å²) >= 11 is 0. The van der Waals surface area contributed by atoms with Gasteiger partial charge in [0.15, 0.2) is 0 Å². The van der Waals surface area contributed by atoms with Crippen molar-refractivity contribution >= 4 is 5.71 Å². The molecule has 0 aliphatic heterocycles. The normalized spacial score (nSPS) is 21.3. The summed E-state index contributed by atoms with van der Waals surface area (Å²) in [5.41, 5.74) is 1.29. The van der Waals surface area contributed by atoms with Crippen LogP contribution >= 0.6 is 0 Å². The van der Waals surface area contributed by atoms with Crippen LogP contribution in [0.4, 0.5) is 0 Å². The highest BCUT2D eigenvalue weighted by molar-refractivity contribution is 5.84. The molecule has 0 heterocycles. The molecule has 1 rings (SSSR count). The highest BCUT2D eigenvalue weighted by Gasteiger charge is 2.11. The van der Waals surface area contributed by atoms with Gasteiger partial charge in [-0.15, -0.1) is 0 Å². The van der Waals surface area contributed by atoms with Crippen LogP contribution in [0.15, 0.2) is 17.1 Å². The summed E-state index contributed by atoms with van der Waals surface area (Å²) in [6.07, 6.45) is 6.87. The van der Waals surface area contributed by atoms with Crippen molar-refractivity contribution in [2.24, 2.45) is 10.9 Å². The minimum Gasteiger partial charge on any atom is -0.297 e. The van der Waals surface area contributed by atoms with Crippen molar-refractivity contribution in [2.45, 2.75) is 19.8 Å². The fourth-order valence-corrected chi connectivity index (χ4v) is 1.14. The Labute approximate surface area is 56.5 Å². The van der Waals surface area contributed by atoms with Crippen LogP contribution in [0.2, 0.25) is 0 Å². The average molecular weight is 123 g/mol. The van der Waals surface area contributed by atoms with Gasteiger partial charge in [0.25, 0.3) is 0 Å². The van der Waals surface area contributed by atoms with Gasteiger partial charge < -0.3 is 0 Å². The van der Waals surface area contributed by atoms with Crippen molar-refractivity contribution in [3.8, 4) is 0 Å². The highest BCUT2D eigenvalue weighted by atomic mass is 14.7. The Morgan fingerprint density at radius 1 is 1.44 bits per heavy atom. The minimum atomic E-state index is 0.718. The summed E-state index contributed by atoms with van der Waals surface area (Å²) in [5.74, 6) is 0.718. The molecule has 0 unspecified atom stereocenters. The van der Waals surface area contributed by atoms with Crippen molar-refractivity contribution in [2.75, 3.05) is 7.05 Å². The molecule has 1 nitrogen and oxygen atoms in total. The van der Waals surface area contributed by atoms with Gasteiger partial charge in [-0.3, -0.25) is 4.99 Å². The Hall–Kier alpha value is -0.590. The number of hydrogen-bond acceptors (Lipinski definition) is 1. The molecule has 50 valence electrons. The monoisotopic (exact) mass is 123 g/mol. The molecule has 1 heteroatoms. The van der Waals surface area contributed by atoms with Gasteiger partial charge >= 0.3 is 0 Å². The van der Waals surface area contributed by atoms with E-state index in [0.29, 0.717) is 0 Å². The molecule has 1 aliphatic carbocycles. The minimum absolute atomic E-state index is 0.718. The van der Waals surface area contributed by atoms with E-state index >= 15 is 0 Å². The molecule has 0 aromatic heterocycles. The molecular formula is C8H13N. The first kappa shape index (κ1) is 6.53. The molecule has 0 aromatic carbocycles. The number of hydrogen-bond donors (Lipinski definition) is 0. The van der Waals surface area contributed by atoms with Gasteiger partial charge in [-0.1, -0.05) is 12.2 Å². The van der Waals surface area contributed by atoms with E-state index in [-0.39, 0.29) is 0 Å². The Morgan fingerprint density at radius 2 is 2.00 bits per heavy atom. The van der Waals surface area contributed by atoms with Crippen molar-refractivity contribution in [3.63, 3.8) is 0 Å². The van der Waals surface area contributed by atoms with E-state index in [1.165, 1.54) is 18.6 Å². The van der Waals surface area contributed by atoms with E-state index < -0.39 is 0 Å². The van der Waals surface area contributed by atoms with Crippen molar-refractivity contribution < 1.29 is 0 Å². The summed E-state index contributed by atoms with van der Waals surface area (Å²) in [6, 6.07) is 0. The van der Waals surface area contributed by atoms with Crippen LogP contribution in [0.1, 0.15) is 19.8 Å². The molecule has 0 saturated carbocycles. The second-order valence-electron chi connectivity index (χ2n) is 2.50. The quantitative estimate of drug-likeness (QED) is 0.374. The van der Waals surface area contributed by atoms with E-state index in [1.807, 2.05) is 7.05 Å². The maximum absolute atomic E-state index is 4.15. The first-order valence-electron chi connectivity index (χ1n) is 3.43. The lowest BCUT2D eigenvalue weighted by atomic mass is 10.0. The van der Waals surface area contributed by atoms with Crippen molar-refractivity contribution in [3.05, 3.63) is 12.2 Å². The van der Waals surface area contributed by atoms with Gasteiger partial charge in [0.2, 0.25) is 0 Å². The average Bonchev–Trinajstić information content (AvgIpc) is 2.37. The van der Waals surface area contributed by atoms with Crippen molar-refractivity contribution in [1.29, 1.82) is 0 Å². The fourth-order valence-electron chi connectivity index (χ4n) is 1.14. The van der Waals surface area contributed by atoms with Crippen LogP contribution in [-0.2, 0) is 0 Å². The molecule has 1 aliphatic rings. The molecule has 0 aromatic rings. The van der Waals surface area contributed by atoms with Crippen LogP contribution < -0.4 is 0 Å². The lowest BCUT2D eigenvalue weighted by molar-refractivity contribution is 0.756. The van der Waals surface area contributed by atoms with Crippen LogP contribution in [0.5, 0.6) is 0 Å². The third kappa shape index (κ3) is 1.41. The van der Waals surface area contributed by atoms with Gasteiger partial charge in [0, 0.05) is 18.7 Å². The number of allylic oxidation sites excluding steroid dienone is 2. The smallest absolute Gasteiger partial charge is 0.0276 e. The lowest BCUT2D eigenvalue weighted by Crippen LogP contribution is -2.05. The predicted molar refractivity (Wildman–Crippen MR) is 40.9 cm³/mol. The molecule has 0 saturated heterocycles. The fraction of sp³-hybridized carbons (Fsp3) is 0.625. The molecule has 0 atom stereocenters. The molecule has 0 fully saturated rings. The van der Waals surface area contributed by atoms with E-state index in [2.05, 4.69) is 24.1 Å². The maximum Gasteiger partial charge on any atom is 0.0276 e. The SMILES string of the molecule is CN=C(C)C1CC=CC1. The predicted octanol–water partition coefficient (Wildman–Crippen LogP) is 2.04. The lowest BCUT2D eigenvalue weighted by Gasteiger charge is -2.05. The van der Waals surface area contributed by atoms with Crippen LogP contribution in [-0.4, -0.2) is 12.8 Å². The van der Waals surface area contributed by atoms with Crippen molar-refractivity contribution in [1.82, 2.24) is 0 Å². The third-order valence-electron chi connectivity index (χ3n) is 1.95. The zero-order chi connectivity index (χ0) is 6.69. The molecular weight excluding hydrogens is 110 g/mol. The summed E-state index contributed by atoms with van der Waals surface area (Å²) < 4.78 is 0. The summed E-state index contributed by atoms with van der Waals surface area (Å²) in [5, 5.41) is 0. The van der Waals surface area contributed by atoms with E-state index in [9.17, 15) is 0 Å². The summed E-state index contributed by atoms with van der Waals surface area (Å²) in [7, 11) is 1.87. The molecule has 0 spiro atoms. The molecule has 0 N–H and O–H groups in total. The second-order valence-corrected chi connectivity index (χ2v) is 2.50. The van der Waals surface area contributed by atoms with Gasteiger partial charge in [-0.2, -0.15) is 0 Å². The zero-order valence-corrected chi connectivity index (χ0v) is 6.09. The van der Waals surface area contributed by atoms with Crippen LogP contribution in [0.25, 0.3) is 0 Å². The number of rotatable bonds is 1. The first-order chi connectivity index (χ1) is 4.34. The largest absolute Gasteiger partial charge is 0.297 e. The summed E-state index contributed by atoms with van der Waals surface area (Å²) in [6.45, 7) is 2.11. The maximum atomic E-state index is 4.15. The van der Waals surface area contributed by atoms with E-state index in [0.717, 1.165) is 5.92 Å². The van der Waals surface area contributed by atoms with E-state index in [1.54, 1.807) is 0 Å². The number of aliphatic imine (C=N–C) groups is 1. The van der Waals surface area contributed by atoms with Gasteiger partial charge in [0.05, 0.1) is 0 Å². The molecule has 9 heavy (non-hydrogen) atoms. The Balaban J connectivity index is 2.46. The third-order valence-corrected chi connectivity index (χ3v) is 1.95. The standard InChI is InChI=1S/C8H13N/c1-7(9-2)8-5-3-4-6-8/h3-4,8H,5-6H2,1-2H3. The van der Waals surface area contributed by atoms with Crippen LogP contribution in [0.3, 0.4) is 0 Å². The van der Waals surface area contributed by atoms with Crippen LogP contribution in [0, 0.1) is 5.92 Å². The number of nitrogens with zero attached hydrogens (tertiary/aromatic N) is 1. The van der Waals surface area contributed by atoms with Gasteiger partial charge in [-0.25, -0.2) is 0 Å². The van der Waals surface area contributed by atoms with Gasteiger partial charge in [-0.05, 0) is 19.8 Å². The zero-order valence-electron chi connectivity index (χ0n) is 6.09. The highest BCUT2D eigenvalue weighted by Crippen LogP contribution is 2.18. The Morgan fingerprint density at radius 3 is 2.44 bits per heavy atom. The van der Waals surface area contributed by atoms with Gasteiger partial charge in [0.1, 0.15) is 0 Å². The topological polar surface area (TPSA) is 12.4 Å². The molecule has 0 radical (unpaired) electrons. The summed E-state index contributed by atoms with van der Waals surface area (Å²) in [4.78, 5) is 4.15. The Bertz CT molecular complexity index is 137.